The van der Waals surface area contributed by atoms with Crippen molar-refractivity contribution in [2.24, 2.45) is 0 Å². The van der Waals surface area contributed by atoms with E-state index in [-0.39, 0.29) is 0 Å². The second-order valence-corrected chi connectivity index (χ2v) is 13.0. The number of rotatable bonds is 9. The van der Waals surface area contributed by atoms with Gasteiger partial charge >= 0.3 is 99.7 Å². The number of hydrogen-bond acceptors (Lipinski definition) is 3. The molecule has 0 spiro atoms. The number of unbranched alkanes of at least 4 members (excludes halogenated alkanes) is 3. The molecule has 0 unspecified atom stereocenters. The van der Waals surface area contributed by atoms with Crippen molar-refractivity contribution in [3.63, 3.8) is 0 Å². The van der Waals surface area contributed by atoms with Crippen LogP contribution in [0.1, 0.15) is 59.3 Å². The van der Waals surface area contributed by atoms with Gasteiger partial charge in [-0.15, -0.1) is 0 Å². The van der Waals surface area contributed by atoms with Crippen molar-refractivity contribution in [3.05, 3.63) is 0 Å². The van der Waals surface area contributed by atoms with Gasteiger partial charge in [-0.3, -0.25) is 0 Å². The standard InChI is InChI=1S/3C4H9.BH3O3.Sn/c3*1-3-4-2;2-1(3)4;/h3*1,3-4H2,2H3;2-4H;. The van der Waals surface area contributed by atoms with E-state index >= 15 is 0 Å². The largest absolute Gasteiger partial charge is 0.631 e. The third-order valence-electron chi connectivity index (χ3n) is 2.65. The van der Waals surface area contributed by atoms with Crippen molar-refractivity contribution < 1.29 is 15.1 Å². The Bertz CT molecular complexity index is 115. The minimum atomic E-state index is -2.17. The van der Waals surface area contributed by atoms with Crippen LogP contribution in [0.3, 0.4) is 0 Å². The molecule has 0 aliphatic heterocycles. The maximum atomic E-state index is 7.17. The SMILES string of the molecule is CCC[CH2][Sn]([CH2]CCC)[CH2]CCC.OB(O)O. The summed E-state index contributed by atoms with van der Waals surface area (Å²) in [6.07, 6.45) is 8.85. The summed E-state index contributed by atoms with van der Waals surface area (Å²) in [5, 5.41) is 21.5. The molecule has 0 saturated heterocycles. The molecule has 0 amide bonds. The number of hydrogen-bond donors (Lipinski definition) is 3. The molecule has 5 heteroatoms. The topological polar surface area (TPSA) is 60.7 Å². The summed E-state index contributed by atoms with van der Waals surface area (Å²) in [6.45, 7) is 7.00. The van der Waals surface area contributed by atoms with E-state index < -0.39 is 27.1 Å². The van der Waals surface area contributed by atoms with E-state index in [0.717, 1.165) is 0 Å². The van der Waals surface area contributed by atoms with Gasteiger partial charge in [-0.05, 0) is 0 Å². The Morgan fingerprint density at radius 2 is 0.941 bits per heavy atom. The monoisotopic (exact) mass is 353 g/mol. The van der Waals surface area contributed by atoms with Crippen LogP contribution in [-0.2, 0) is 0 Å². The zero-order valence-corrected chi connectivity index (χ0v) is 14.6. The smallest absolute Gasteiger partial charge is 0.402 e. The van der Waals surface area contributed by atoms with Gasteiger partial charge in [0.1, 0.15) is 0 Å². The maximum absolute atomic E-state index is 7.17. The fraction of sp³-hybridized carbons (Fsp3) is 1.00. The fourth-order valence-corrected chi connectivity index (χ4v) is 11.1. The van der Waals surface area contributed by atoms with Gasteiger partial charge in [0.15, 0.2) is 0 Å². The molecule has 0 aliphatic rings. The van der Waals surface area contributed by atoms with Crippen LogP contribution in [0, 0.1) is 0 Å². The quantitative estimate of drug-likeness (QED) is 0.560. The molecule has 0 atom stereocenters. The third-order valence-corrected chi connectivity index (χ3v) is 11.7. The molecule has 0 saturated carbocycles. The third kappa shape index (κ3) is 22.4. The molecule has 0 aromatic rings. The molecule has 1 radical (unpaired) electrons. The van der Waals surface area contributed by atoms with E-state index in [1.165, 1.54) is 38.5 Å². The molecular weight excluding hydrogens is 322 g/mol. The minimum absolute atomic E-state index is 0.839. The molecule has 3 nitrogen and oxygen atoms in total. The van der Waals surface area contributed by atoms with Gasteiger partial charge in [0.2, 0.25) is 0 Å². The predicted octanol–water partition coefficient (Wildman–Crippen LogP) is 2.83. The second kappa shape index (κ2) is 16.7. The van der Waals surface area contributed by atoms with Gasteiger partial charge < -0.3 is 15.1 Å². The minimum Gasteiger partial charge on any atom is -0.402 e. The van der Waals surface area contributed by atoms with Crippen LogP contribution < -0.4 is 0 Å². The molecular formula is C12H30BO3Sn. The first kappa shape index (κ1) is 20.1. The Kier molecular flexibility index (Phi) is 19.8. The van der Waals surface area contributed by atoms with Crippen molar-refractivity contribution in [3.8, 4) is 0 Å². The van der Waals surface area contributed by atoms with Crippen LogP contribution in [0.15, 0.2) is 0 Å². The van der Waals surface area contributed by atoms with Gasteiger partial charge in [-0.1, -0.05) is 0 Å². The summed E-state index contributed by atoms with van der Waals surface area (Å²) >= 11 is -0.839. The van der Waals surface area contributed by atoms with Gasteiger partial charge in [0.25, 0.3) is 0 Å². The molecule has 0 aromatic carbocycles. The first-order valence-electron chi connectivity index (χ1n) is 6.96. The molecule has 0 heterocycles. The Morgan fingerprint density at radius 3 is 1.12 bits per heavy atom. The van der Waals surface area contributed by atoms with Crippen molar-refractivity contribution in [2.45, 2.75) is 72.6 Å². The first-order chi connectivity index (χ1) is 8.08. The molecule has 0 aromatic heterocycles. The second-order valence-electron chi connectivity index (χ2n) is 4.41. The van der Waals surface area contributed by atoms with Crippen LogP contribution in [0.25, 0.3) is 0 Å². The Balaban J connectivity index is 0. The van der Waals surface area contributed by atoms with Crippen LogP contribution in [0.2, 0.25) is 13.3 Å². The van der Waals surface area contributed by atoms with Crippen LogP contribution in [0.4, 0.5) is 0 Å². The molecule has 103 valence electrons. The van der Waals surface area contributed by atoms with Crippen LogP contribution in [-0.4, -0.2) is 42.2 Å². The fourth-order valence-electron chi connectivity index (χ4n) is 1.66. The first-order valence-corrected chi connectivity index (χ1v) is 13.0. The summed E-state index contributed by atoms with van der Waals surface area (Å²) in [5.41, 5.74) is 0. The van der Waals surface area contributed by atoms with E-state index in [9.17, 15) is 0 Å². The van der Waals surface area contributed by atoms with E-state index in [4.69, 9.17) is 15.1 Å². The van der Waals surface area contributed by atoms with Crippen LogP contribution >= 0.6 is 0 Å². The van der Waals surface area contributed by atoms with Gasteiger partial charge in [-0.2, -0.15) is 0 Å². The Hall–Kier alpha value is 0.744. The summed E-state index contributed by atoms with van der Waals surface area (Å²) < 4.78 is 5.04. The summed E-state index contributed by atoms with van der Waals surface area (Å²) in [7, 11) is -2.17. The van der Waals surface area contributed by atoms with Crippen molar-refractivity contribution >= 4 is 27.1 Å². The molecule has 0 fully saturated rings. The van der Waals surface area contributed by atoms with Crippen molar-refractivity contribution in [1.29, 1.82) is 0 Å². The van der Waals surface area contributed by atoms with Gasteiger partial charge in [-0.25, -0.2) is 0 Å². The maximum Gasteiger partial charge on any atom is 0.631 e. The average molecular weight is 352 g/mol. The molecule has 0 aliphatic carbocycles. The molecule has 3 N–H and O–H groups in total. The van der Waals surface area contributed by atoms with E-state index in [1.807, 2.05) is 0 Å². The van der Waals surface area contributed by atoms with E-state index in [2.05, 4.69) is 20.8 Å². The van der Waals surface area contributed by atoms with Gasteiger partial charge in [0.05, 0.1) is 0 Å². The van der Waals surface area contributed by atoms with Crippen molar-refractivity contribution in [2.75, 3.05) is 0 Å². The Labute approximate surface area is 115 Å². The van der Waals surface area contributed by atoms with Crippen LogP contribution in [0.5, 0.6) is 0 Å². The predicted molar refractivity (Wildman–Crippen MR) is 77.3 cm³/mol. The molecule has 17 heavy (non-hydrogen) atoms. The van der Waals surface area contributed by atoms with E-state index in [1.54, 1.807) is 13.3 Å². The zero-order chi connectivity index (χ0) is 13.5. The summed E-state index contributed by atoms with van der Waals surface area (Å²) in [6, 6.07) is 0. The average Bonchev–Trinajstić information content (AvgIpc) is 2.27. The molecule has 0 bridgehead atoms. The zero-order valence-electron chi connectivity index (χ0n) is 11.8. The summed E-state index contributed by atoms with van der Waals surface area (Å²) in [4.78, 5) is 0. The molecule has 0 rings (SSSR count). The van der Waals surface area contributed by atoms with Crippen molar-refractivity contribution in [1.82, 2.24) is 0 Å². The van der Waals surface area contributed by atoms with Gasteiger partial charge in [0, 0.05) is 0 Å². The van der Waals surface area contributed by atoms with E-state index in [0.29, 0.717) is 0 Å². The Morgan fingerprint density at radius 1 is 0.706 bits per heavy atom. The summed E-state index contributed by atoms with van der Waals surface area (Å²) in [5.74, 6) is 0. The normalized spacial score (nSPS) is 10.1.